The molecule has 2 aromatic heterocycles. The maximum absolute atomic E-state index is 6.31. The molecule has 0 amide bonds. The lowest BCUT2D eigenvalue weighted by molar-refractivity contribution is 0.262. The molecule has 3 aromatic rings. The monoisotopic (exact) mass is 360 g/mol. The lowest BCUT2D eigenvalue weighted by atomic mass is 9.99. The Morgan fingerprint density at radius 3 is 2.85 bits per heavy atom. The van der Waals surface area contributed by atoms with E-state index in [0.717, 1.165) is 45.4 Å². The fourth-order valence-corrected chi connectivity index (χ4v) is 4.09. The zero-order chi connectivity index (χ0) is 18.5. The molecule has 0 saturated heterocycles. The number of hydrogen-bond donors (Lipinski definition) is 1. The molecule has 2 atom stereocenters. The summed E-state index contributed by atoms with van der Waals surface area (Å²) >= 11 is 0. The molecule has 0 bridgehead atoms. The second kappa shape index (κ2) is 5.87. The largest absolute Gasteiger partial charge is 0.488 e. The second-order valence-electron chi connectivity index (χ2n) is 6.85. The number of nitrogens with one attached hydrogen (secondary N) is 1. The lowest BCUT2D eigenvalue weighted by Gasteiger charge is -2.38. The number of aryl methyl sites for hydroxylation is 2. The van der Waals surface area contributed by atoms with Crippen molar-refractivity contribution in [3.8, 4) is 16.9 Å². The highest BCUT2D eigenvalue weighted by Gasteiger charge is 2.41. The Bertz CT molecular complexity index is 1010. The summed E-state index contributed by atoms with van der Waals surface area (Å²) in [5.41, 5.74) is 5.90. The average molecular weight is 360 g/mol. The molecule has 0 spiro atoms. The number of pyridine rings is 1. The van der Waals surface area contributed by atoms with E-state index in [-0.39, 0.29) is 12.2 Å². The van der Waals surface area contributed by atoms with E-state index in [2.05, 4.69) is 39.1 Å². The van der Waals surface area contributed by atoms with Crippen molar-refractivity contribution in [2.24, 2.45) is 0 Å². The zero-order valence-electron chi connectivity index (χ0n) is 15.3. The van der Waals surface area contributed by atoms with E-state index in [1.54, 1.807) is 0 Å². The van der Waals surface area contributed by atoms with Crippen LogP contribution in [-0.4, -0.2) is 22.9 Å². The Kier molecular flexibility index (Phi) is 3.47. The van der Waals surface area contributed by atoms with Crippen LogP contribution in [0.3, 0.4) is 0 Å². The van der Waals surface area contributed by atoms with Crippen molar-refractivity contribution >= 4 is 11.4 Å². The molecule has 4 heterocycles. The van der Waals surface area contributed by atoms with E-state index in [9.17, 15) is 0 Å². The Hall–Kier alpha value is -3.28. The highest BCUT2D eigenvalue weighted by molar-refractivity contribution is 5.92. The van der Waals surface area contributed by atoms with Gasteiger partial charge in [-0.1, -0.05) is 17.8 Å². The van der Waals surface area contributed by atoms with Crippen LogP contribution < -0.4 is 15.0 Å². The highest BCUT2D eigenvalue weighted by atomic mass is 16.5. The summed E-state index contributed by atoms with van der Waals surface area (Å²) in [4.78, 5) is 6.87. The normalized spacial score (nSPS) is 20.0. The van der Waals surface area contributed by atoms with Gasteiger partial charge < -0.3 is 19.5 Å². The first-order chi connectivity index (χ1) is 13.2. The van der Waals surface area contributed by atoms with E-state index in [0.29, 0.717) is 6.61 Å². The summed E-state index contributed by atoms with van der Waals surface area (Å²) in [6.07, 6.45) is 3.72. The van der Waals surface area contributed by atoms with Crippen LogP contribution in [0, 0.1) is 13.8 Å². The van der Waals surface area contributed by atoms with Crippen LogP contribution in [0.1, 0.15) is 23.2 Å². The van der Waals surface area contributed by atoms with Gasteiger partial charge in [-0.05, 0) is 44.2 Å². The molecule has 6 nitrogen and oxygen atoms in total. The Morgan fingerprint density at radius 2 is 2.15 bits per heavy atom. The second-order valence-corrected chi connectivity index (χ2v) is 6.85. The SMILES string of the molecule is C=CC1Nc2ccc(-c3c(C)noc3C)c3c2N1[C@@H](c1ccccn1)CO3. The smallest absolute Gasteiger partial charge is 0.152 e. The highest BCUT2D eigenvalue weighted by Crippen LogP contribution is 2.53. The summed E-state index contributed by atoms with van der Waals surface area (Å²) in [6.45, 7) is 8.41. The van der Waals surface area contributed by atoms with E-state index < -0.39 is 0 Å². The van der Waals surface area contributed by atoms with Crippen molar-refractivity contribution in [3.63, 3.8) is 0 Å². The minimum Gasteiger partial charge on any atom is -0.488 e. The molecule has 0 radical (unpaired) electrons. The summed E-state index contributed by atoms with van der Waals surface area (Å²) in [5, 5.41) is 7.63. The first kappa shape index (κ1) is 15.9. The standard InChI is InChI=1S/C21H20N4O2/c1-4-18-23-16-9-8-14(19-12(2)24-27-13(19)3)21-20(16)25(18)17(11-26-21)15-7-5-6-10-22-15/h4-10,17-18,23H,1,11H2,2-3H3/t17-,18?/m1/s1. The molecule has 136 valence electrons. The van der Waals surface area contributed by atoms with Crippen molar-refractivity contribution < 1.29 is 9.26 Å². The molecule has 2 aliphatic rings. The number of nitrogens with zero attached hydrogens (tertiary/aromatic N) is 3. The molecule has 0 saturated carbocycles. The lowest BCUT2D eigenvalue weighted by Crippen LogP contribution is -2.42. The molecular formula is C21H20N4O2. The van der Waals surface area contributed by atoms with Gasteiger partial charge in [0.1, 0.15) is 30.3 Å². The quantitative estimate of drug-likeness (QED) is 0.705. The summed E-state index contributed by atoms with van der Waals surface area (Å²) in [5.74, 6) is 1.64. The number of anilines is 2. The predicted octanol–water partition coefficient (Wildman–Crippen LogP) is 4.23. The number of aromatic nitrogens is 2. The first-order valence-electron chi connectivity index (χ1n) is 9.00. The van der Waals surface area contributed by atoms with Crippen LogP contribution in [0.4, 0.5) is 11.4 Å². The zero-order valence-corrected chi connectivity index (χ0v) is 15.3. The van der Waals surface area contributed by atoms with Gasteiger partial charge in [0.15, 0.2) is 5.75 Å². The van der Waals surface area contributed by atoms with Crippen molar-refractivity contribution in [1.82, 2.24) is 10.1 Å². The minimum atomic E-state index is -0.0189. The molecule has 2 aliphatic heterocycles. The fraction of sp³-hybridized carbons (Fsp3) is 0.238. The van der Waals surface area contributed by atoms with E-state index >= 15 is 0 Å². The first-order valence-corrected chi connectivity index (χ1v) is 9.00. The molecule has 5 rings (SSSR count). The van der Waals surface area contributed by atoms with Gasteiger partial charge in [0.2, 0.25) is 0 Å². The van der Waals surface area contributed by atoms with Crippen molar-refractivity contribution in [2.75, 3.05) is 16.8 Å². The molecule has 27 heavy (non-hydrogen) atoms. The third-order valence-electron chi connectivity index (χ3n) is 5.27. The van der Waals surface area contributed by atoms with Crippen molar-refractivity contribution in [2.45, 2.75) is 26.1 Å². The fourth-order valence-electron chi connectivity index (χ4n) is 4.09. The summed E-state index contributed by atoms with van der Waals surface area (Å²) < 4.78 is 11.7. The molecule has 6 heteroatoms. The van der Waals surface area contributed by atoms with E-state index in [1.165, 1.54) is 0 Å². The summed E-state index contributed by atoms with van der Waals surface area (Å²) in [7, 11) is 0. The Balaban J connectivity index is 1.70. The maximum Gasteiger partial charge on any atom is 0.152 e. The summed E-state index contributed by atoms with van der Waals surface area (Å²) in [6, 6.07) is 10.1. The van der Waals surface area contributed by atoms with Crippen LogP contribution in [0.25, 0.3) is 11.1 Å². The third kappa shape index (κ3) is 2.26. The van der Waals surface area contributed by atoms with Gasteiger partial charge in [0, 0.05) is 11.8 Å². The molecular weight excluding hydrogens is 340 g/mol. The van der Waals surface area contributed by atoms with E-state index in [1.807, 2.05) is 44.3 Å². The van der Waals surface area contributed by atoms with Gasteiger partial charge in [-0.25, -0.2) is 0 Å². The van der Waals surface area contributed by atoms with Crippen LogP contribution in [0.2, 0.25) is 0 Å². The Morgan fingerprint density at radius 1 is 1.26 bits per heavy atom. The maximum atomic E-state index is 6.31. The van der Waals surface area contributed by atoms with Crippen LogP contribution >= 0.6 is 0 Å². The number of ether oxygens (including phenoxy) is 1. The van der Waals surface area contributed by atoms with E-state index in [4.69, 9.17) is 9.26 Å². The van der Waals surface area contributed by atoms with Gasteiger partial charge in [0.05, 0.1) is 22.6 Å². The van der Waals surface area contributed by atoms with Crippen molar-refractivity contribution in [3.05, 3.63) is 66.3 Å². The third-order valence-corrected chi connectivity index (χ3v) is 5.27. The minimum absolute atomic E-state index is 0.00960. The Labute approximate surface area is 157 Å². The van der Waals surface area contributed by atoms with Crippen molar-refractivity contribution in [1.29, 1.82) is 0 Å². The van der Waals surface area contributed by atoms with Gasteiger partial charge >= 0.3 is 0 Å². The van der Waals surface area contributed by atoms with Gasteiger partial charge in [0.25, 0.3) is 0 Å². The number of hydrogen-bond acceptors (Lipinski definition) is 6. The van der Waals surface area contributed by atoms with Gasteiger partial charge in [-0.3, -0.25) is 4.98 Å². The van der Waals surface area contributed by atoms with Gasteiger partial charge in [-0.2, -0.15) is 0 Å². The number of rotatable bonds is 3. The molecule has 1 N–H and O–H groups in total. The number of benzene rings is 1. The molecule has 0 aliphatic carbocycles. The molecule has 1 unspecified atom stereocenters. The van der Waals surface area contributed by atoms with Crippen LogP contribution in [0.5, 0.6) is 5.75 Å². The van der Waals surface area contributed by atoms with Crippen LogP contribution in [0.15, 0.2) is 53.7 Å². The molecule has 1 aromatic carbocycles. The average Bonchev–Trinajstić information content (AvgIpc) is 3.24. The topological polar surface area (TPSA) is 63.4 Å². The van der Waals surface area contributed by atoms with Crippen LogP contribution in [-0.2, 0) is 0 Å². The predicted molar refractivity (Wildman–Crippen MR) is 104 cm³/mol. The van der Waals surface area contributed by atoms with Gasteiger partial charge in [-0.15, -0.1) is 0 Å². The molecule has 0 fully saturated rings.